The first-order valence-electron chi connectivity index (χ1n) is 12.1. The molecule has 0 amide bonds. The predicted octanol–water partition coefficient (Wildman–Crippen LogP) is 4.31. The molecule has 3 rings (SSSR count). The number of nitrogens with zero attached hydrogens (tertiary/aromatic N) is 1. The summed E-state index contributed by atoms with van der Waals surface area (Å²) in [5.74, 6) is -2.65. The summed E-state index contributed by atoms with van der Waals surface area (Å²) in [6.07, 6.45) is -3.80. The second kappa shape index (κ2) is 15.1. The molecule has 0 bridgehead atoms. The summed E-state index contributed by atoms with van der Waals surface area (Å²) in [6, 6.07) is 14.5. The van der Waals surface area contributed by atoms with Crippen LogP contribution in [0.3, 0.4) is 0 Å². The Balaban J connectivity index is 0.000000782. The molecule has 11 nitrogen and oxygen atoms in total. The smallest absolute Gasteiger partial charge is 0.490 e. The van der Waals surface area contributed by atoms with Crippen molar-refractivity contribution in [2.45, 2.75) is 18.8 Å². The number of carboxylic acids is 1. The Hall–Kier alpha value is -5.05. The molecule has 0 saturated carbocycles. The number of carbonyl (C=O) groups is 1. The zero-order valence-corrected chi connectivity index (χ0v) is 22.8. The molecule has 0 saturated heterocycles. The van der Waals surface area contributed by atoms with Gasteiger partial charge in [0, 0.05) is 30.1 Å². The summed E-state index contributed by atoms with van der Waals surface area (Å²) in [7, 11) is 4.73. The Kier molecular flexibility index (Phi) is 11.9. The molecule has 0 radical (unpaired) electrons. The van der Waals surface area contributed by atoms with Crippen LogP contribution in [0.15, 0.2) is 59.7 Å². The molecule has 0 aliphatic carbocycles. The molecular formula is C27H31F4N7O4. The average molecular weight is 594 g/mol. The third kappa shape index (κ3) is 8.99. The van der Waals surface area contributed by atoms with E-state index in [2.05, 4.69) is 21.2 Å². The van der Waals surface area contributed by atoms with Gasteiger partial charge in [-0.15, -0.1) is 0 Å². The van der Waals surface area contributed by atoms with E-state index in [-0.39, 0.29) is 17.1 Å². The summed E-state index contributed by atoms with van der Waals surface area (Å²) in [6.45, 7) is 0.550. The number of nitrogen functional groups attached to an aromatic ring is 1. The molecule has 0 fully saturated rings. The fraction of sp³-hybridized carbons (Fsp3) is 0.222. The number of rotatable bonds is 11. The minimum absolute atomic E-state index is 0.0608. The molecule has 3 aromatic carbocycles. The lowest BCUT2D eigenvalue weighted by Gasteiger charge is -2.23. The fourth-order valence-corrected chi connectivity index (χ4v) is 3.54. The van der Waals surface area contributed by atoms with Crippen molar-refractivity contribution >= 4 is 35.1 Å². The molecule has 3 aromatic rings. The van der Waals surface area contributed by atoms with Gasteiger partial charge >= 0.3 is 12.1 Å². The topological polar surface area (TPSA) is 180 Å². The number of hydrogen-bond acceptors (Lipinski definition) is 9. The van der Waals surface area contributed by atoms with Crippen molar-refractivity contribution in [1.29, 1.82) is 5.41 Å². The number of carboxylic acid groups (broad SMARTS) is 1. The van der Waals surface area contributed by atoms with Gasteiger partial charge in [-0.3, -0.25) is 5.43 Å². The van der Waals surface area contributed by atoms with E-state index in [4.69, 9.17) is 36.3 Å². The van der Waals surface area contributed by atoms with Gasteiger partial charge in [-0.1, -0.05) is 18.2 Å². The third-order valence-corrected chi connectivity index (χ3v) is 5.60. The normalized spacial score (nSPS) is 11.9. The number of hydrazone groups is 1. The number of nitrogens with one attached hydrogen (secondary N) is 4. The standard InChI is InChI=1S/C25H30FN7O2.C2HF3O2/c1-30-14-16-10-17(9-8-15(16)13-27)31-24(18-11-22(34-2)23(35-3)12-19(18)26)25(29)33-32-21-7-5-4-6-20(21)28;3-2(4,5)1(6)7/h4-13,24,27,30-32H,14,28H2,1-3H3,(H2,29,33);(H,6,7). The lowest BCUT2D eigenvalue weighted by atomic mass is 10.0. The van der Waals surface area contributed by atoms with Gasteiger partial charge in [0.1, 0.15) is 17.7 Å². The van der Waals surface area contributed by atoms with E-state index < -0.39 is 24.0 Å². The third-order valence-electron chi connectivity index (χ3n) is 5.60. The zero-order chi connectivity index (χ0) is 31.4. The first kappa shape index (κ1) is 33.2. The van der Waals surface area contributed by atoms with E-state index in [9.17, 15) is 13.2 Å². The monoisotopic (exact) mass is 593 g/mol. The Morgan fingerprint density at radius 3 is 2.29 bits per heavy atom. The summed E-state index contributed by atoms with van der Waals surface area (Å²) >= 11 is 0. The van der Waals surface area contributed by atoms with Crippen LogP contribution >= 0.6 is 0 Å². The SMILES string of the molecule is CNCc1cc(NC(/C(N)=N/Nc2ccccc2N)c2cc(OC)c(OC)cc2F)ccc1C=N.O=C(O)C(F)(F)F. The number of nitrogens with two attached hydrogens (primary N) is 2. The molecule has 1 unspecified atom stereocenters. The van der Waals surface area contributed by atoms with Crippen LogP contribution in [-0.2, 0) is 11.3 Å². The van der Waals surface area contributed by atoms with Crippen LogP contribution in [0.1, 0.15) is 22.7 Å². The van der Waals surface area contributed by atoms with Gasteiger partial charge in [0.25, 0.3) is 0 Å². The van der Waals surface area contributed by atoms with Gasteiger partial charge in [0.15, 0.2) is 11.5 Å². The molecule has 15 heteroatoms. The van der Waals surface area contributed by atoms with Crippen molar-refractivity contribution in [3.63, 3.8) is 0 Å². The van der Waals surface area contributed by atoms with E-state index in [1.54, 1.807) is 30.3 Å². The fourth-order valence-electron chi connectivity index (χ4n) is 3.54. The molecule has 0 heterocycles. The van der Waals surface area contributed by atoms with Crippen molar-refractivity contribution in [2.75, 3.05) is 37.7 Å². The van der Waals surface area contributed by atoms with Crippen LogP contribution < -0.4 is 37.0 Å². The maximum atomic E-state index is 15.2. The number of para-hydroxylation sites is 2. The maximum Gasteiger partial charge on any atom is 0.490 e. The average Bonchev–Trinajstić information content (AvgIpc) is 2.95. The van der Waals surface area contributed by atoms with Crippen LogP contribution in [0, 0.1) is 11.2 Å². The molecular weight excluding hydrogens is 562 g/mol. The van der Waals surface area contributed by atoms with Crippen LogP contribution in [0.4, 0.5) is 34.6 Å². The zero-order valence-electron chi connectivity index (χ0n) is 22.8. The lowest BCUT2D eigenvalue weighted by Crippen LogP contribution is -2.30. The van der Waals surface area contributed by atoms with Crippen molar-refractivity contribution < 1.29 is 36.9 Å². The van der Waals surface area contributed by atoms with E-state index in [1.165, 1.54) is 32.6 Å². The van der Waals surface area contributed by atoms with Gasteiger partial charge < -0.3 is 42.1 Å². The Morgan fingerprint density at radius 1 is 1.12 bits per heavy atom. The number of anilines is 3. The molecule has 42 heavy (non-hydrogen) atoms. The minimum atomic E-state index is -5.08. The quantitative estimate of drug-likeness (QED) is 0.0560. The number of halogens is 4. The highest BCUT2D eigenvalue weighted by Crippen LogP contribution is 2.34. The number of amidine groups is 1. The molecule has 226 valence electrons. The molecule has 0 aliphatic rings. The highest BCUT2D eigenvalue weighted by atomic mass is 19.4. The van der Waals surface area contributed by atoms with Crippen LogP contribution in [0.5, 0.6) is 11.5 Å². The van der Waals surface area contributed by atoms with Crippen molar-refractivity contribution in [3.8, 4) is 11.5 Å². The van der Waals surface area contributed by atoms with Crippen LogP contribution in [-0.4, -0.2) is 50.6 Å². The summed E-state index contributed by atoms with van der Waals surface area (Å²) in [5.41, 5.74) is 18.8. The Bertz CT molecular complexity index is 1420. The number of aliphatic carboxylic acids is 1. The van der Waals surface area contributed by atoms with Crippen molar-refractivity contribution in [2.24, 2.45) is 10.8 Å². The summed E-state index contributed by atoms with van der Waals surface area (Å²) in [4.78, 5) is 8.90. The number of ether oxygens (including phenoxy) is 2. The van der Waals surface area contributed by atoms with Gasteiger partial charge in [-0.05, 0) is 48.5 Å². The maximum absolute atomic E-state index is 15.2. The second-order valence-electron chi connectivity index (χ2n) is 8.43. The number of alkyl halides is 3. The van der Waals surface area contributed by atoms with Gasteiger partial charge in [-0.2, -0.15) is 18.3 Å². The molecule has 9 N–H and O–H groups in total. The van der Waals surface area contributed by atoms with Crippen LogP contribution in [0.25, 0.3) is 0 Å². The largest absolute Gasteiger partial charge is 0.493 e. The Morgan fingerprint density at radius 2 is 1.74 bits per heavy atom. The molecule has 0 spiro atoms. The molecule has 1 atom stereocenters. The van der Waals surface area contributed by atoms with Crippen molar-refractivity contribution in [3.05, 3.63) is 77.1 Å². The van der Waals surface area contributed by atoms with Gasteiger partial charge in [-0.25, -0.2) is 9.18 Å². The van der Waals surface area contributed by atoms with Gasteiger partial charge in [0.05, 0.1) is 25.6 Å². The highest BCUT2D eigenvalue weighted by Gasteiger charge is 2.38. The van der Waals surface area contributed by atoms with Gasteiger partial charge in [0.2, 0.25) is 0 Å². The van der Waals surface area contributed by atoms with E-state index in [0.29, 0.717) is 29.4 Å². The van der Waals surface area contributed by atoms with Crippen molar-refractivity contribution in [1.82, 2.24) is 5.32 Å². The number of methoxy groups -OCH3 is 2. The number of benzene rings is 3. The highest BCUT2D eigenvalue weighted by molar-refractivity contribution is 5.91. The van der Waals surface area contributed by atoms with E-state index in [1.807, 2.05) is 19.2 Å². The predicted molar refractivity (Wildman–Crippen MR) is 153 cm³/mol. The molecule has 0 aromatic heterocycles. The van der Waals surface area contributed by atoms with Crippen LogP contribution in [0.2, 0.25) is 0 Å². The van der Waals surface area contributed by atoms with E-state index >= 15 is 4.39 Å². The lowest BCUT2D eigenvalue weighted by molar-refractivity contribution is -0.192. The Labute approximate surface area is 239 Å². The number of hydrogen-bond donors (Lipinski definition) is 7. The molecule has 0 aliphatic heterocycles. The second-order valence-corrected chi connectivity index (χ2v) is 8.43. The minimum Gasteiger partial charge on any atom is -0.493 e. The summed E-state index contributed by atoms with van der Waals surface area (Å²) < 4.78 is 57.6. The first-order chi connectivity index (χ1) is 19.9. The summed E-state index contributed by atoms with van der Waals surface area (Å²) in [5, 5.41) is 25.4. The van der Waals surface area contributed by atoms with E-state index in [0.717, 1.165) is 11.1 Å². The first-order valence-corrected chi connectivity index (χ1v) is 12.1.